The molecule has 0 spiro atoms. The van der Waals surface area contributed by atoms with Gasteiger partial charge >= 0.3 is 11.9 Å². The second kappa shape index (κ2) is 28.1. The molecule has 0 aromatic rings. The Hall–Kier alpha value is -1.14. The van der Waals surface area contributed by atoms with Crippen molar-refractivity contribution in [3.8, 4) is 0 Å². The highest BCUT2D eigenvalue weighted by Gasteiger charge is 2.04. The number of carbonyl (C=O) groups is 2. The number of esters is 2. The van der Waals surface area contributed by atoms with Crippen molar-refractivity contribution in [1.29, 1.82) is 0 Å². The van der Waals surface area contributed by atoms with Crippen LogP contribution < -0.4 is 0 Å². The first-order chi connectivity index (χ1) is 16.7. The van der Waals surface area contributed by atoms with Crippen LogP contribution in [0.15, 0.2) is 0 Å². The maximum atomic E-state index is 11.7. The topological polar surface area (TPSA) is 71.1 Å². The minimum atomic E-state index is -0.141. The number of carbonyl (C=O) groups excluding carboxylic acids is 2. The molecule has 0 saturated carbocycles. The molecule has 6 nitrogen and oxygen atoms in total. The third kappa shape index (κ3) is 27.1. The highest BCUT2D eigenvalue weighted by Crippen LogP contribution is 2.11. The fourth-order valence-electron chi connectivity index (χ4n) is 3.70. The van der Waals surface area contributed by atoms with Gasteiger partial charge in [-0.1, -0.05) is 104 Å². The lowest BCUT2D eigenvalue weighted by atomic mass is 10.1. The summed E-state index contributed by atoms with van der Waals surface area (Å²) in [5.41, 5.74) is 0. The summed E-state index contributed by atoms with van der Waals surface area (Å²) >= 11 is 0. The Balaban J connectivity index is 3.23. The lowest BCUT2D eigenvalue weighted by Gasteiger charge is -2.08. The van der Waals surface area contributed by atoms with Gasteiger partial charge in [-0.15, -0.1) is 0 Å². The number of hydrogen-bond donors (Lipinski definition) is 0. The van der Waals surface area contributed by atoms with E-state index >= 15 is 0 Å². The summed E-state index contributed by atoms with van der Waals surface area (Å²) in [6, 6.07) is 0. The van der Waals surface area contributed by atoms with E-state index in [1.54, 1.807) is 0 Å². The Morgan fingerprint density at radius 3 is 1.06 bits per heavy atom. The van der Waals surface area contributed by atoms with E-state index < -0.39 is 0 Å². The zero-order valence-electron chi connectivity index (χ0n) is 22.4. The molecule has 0 amide bonds. The van der Waals surface area contributed by atoms with Crippen LogP contribution in [0.5, 0.6) is 0 Å². The van der Waals surface area contributed by atoms with E-state index in [2.05, 4.69) is 13.8 Å². The van der Waals surface area contributed by atoms with Crippen molar-refractivity contribution in [3.63, 3.8) is 0 Å². The summed E-state index contributed by atoms with van der Waals surface area (Å²) < 4.78 is 21.2. The molecule has 0 radical (unpaired) electrons. The fourth-order valence-corrected chi connectivity index (χ4v) is 3.70. The predicted octanol–water partition coefficient (Wildman–Crippen LogP) is 7.17. The molecule has 6 heteroatoms. The Morgan fingerprint density at radius 2 is 0.706 bits per heavy atom. The average molecular weight is 487 g/mol. The number of unbranched alkanes of at least 4 members (excludes halogenated alkanes) is 14. The summed E-state index contributed by atoms with van der Waals surface area (Å²) in [5, 5.41) is 0. The summed E-state index contributed by atoms with van der Waals surface area (Å²) in [7, 11) is 0. The normalized spacial score (nSPS) is 11.0. The van der Waals surface area contributed by atoms with Crippen LogP contribution in [0.2, 0.25) is 0 Å². The van der Waals surface area contributed by atoms with Crippen molar-refractivity contribution < 1.29 is 28.5 Å². The first-order valence-electron chi connectivity index (χ1n) is 14.2. The standard InChI is InChI=1S/C28H54O6/c1-3-5-7-9-11-12-14-16-18-20-28(30)34-26-24-32-22-21-31-23-25-33-27(29)19-17-15-13-10-8-6-4-2/h3-26H2,1-2H3. The molecule has 0 aliphatic carbocycles. The third-order valence-electron chi connectivity index (χ3n) is 5.82. The molecule has 0 aliphatic rings. The monoisotopic (exact) mass is 486 g/mol. The lowest BCUT2D eigenvalue weighted by Crippen LogP contribution is -2.15. The summed E-state index contributed by atoms with van der Waals surface area (Å²) in [6.45, 7) is 6.63. The fraction of sp³-hybridized carbons (Fsp3) is 0.929. The molecule has 0 aliphatic heterocycles. The van der Waals surface area contributed by atoms with Gasteiger partial charge in [0.05, 0.1) is 26.4 Å². The molecule has 0 aromatic heterocycles. The van der Waals surface area contributed by atoms with Gasteiger partial charge in [-0.3, -0.25) is 9.59 Å². The van der Waals surface area contributed by atoms with Crippen molar-refractivity contribution in [2.75, 3.05) is 39.6 Å². The molecule has 0 bridgehead atoms. The largest absolute Gasteiger partial charge is 0.463 e. The van der Waals surface area contributed by atoms with Gasteiger partial charge < -0.3 is 18.9 Å². The van der Waals surface area contributed by atoms with E-state index in [9.17, 15) is 9.59 Å². The number of ether oxygens (including phenoxy) is 4. The molecule has 0 saturated heterocycles. The molecule has 0 rings (SSSR count). The van der Waals surface area contributed by atoms with Crippen LogP contribution in [0, 0.1) is 0 Å². The van der Waals surface area contributed by atoms with Crippen LogP contribution >= 0.6 is 0 Å². The van der Waals surface area contributed by atoms with Crippen molar-refractivity contribution in [2.24, 2.45) is 0 Å². The van der Waals surface area contributed by atoms with Gasteiger partial charge in [0, 0.05) is 12.8 Å². The summed E-state index contributed by atoms with van der Waals surface area (Å²) in [4.78, 5) is 23.4. The molecular weight excluding hydrogens is 432 g/mol. The van der Waals surface area contributed by atoms with E-state index in [-0.39, 0.29) is 25.2 Å². The highest BCUT2D eigenvalue weighted by molar-refractivity contribution is 5.69. The minimum Gasteiger partial charge on any atom is -0.463 e. The predicted molar refractivity (Wildman–Crippen MR) is 138 cm³/mol. The van der Waals surface area contributed by atoms with Crippen molar-refractivity contribution in [1.82, 2.24) is 0 Å². The summed E-state index contributed by atoms with van der Waals surface area (Å²) in [6.07, 6.45) is 20.5. The van der Waals surface area contributed by atoms with Gasteiger partial charge in [-0.2, -0.15) is 0 Å². The van der Waals surface area contributed by atoms with Crippen LogP contribution in [0.1, 0.15) is 129 Å². The van der Waals surface area contributed by atoms with E-state index in [1.807, 2.05) is 0 Å². The first kappa shape index (κ1) is 32.9. The van der Waals surface area contributed by atoms with E-state index in [0.717, 1.165) is 25.7 Å². The second-order valence-corrected chi connectivity index (χ2v) is 9.12. The Morgan fingerprint density at radius 1 is 0.412 bits per heavy atom. The molecule has 0 heterocycles. The van der Waals surface area contributed by atoms with Crippen LogP contribution in [0.4, 0.5) is 0 Å². The van der Waals surface area contributed by atoms with Gasteiger partial charge in [0.15, 0.2) is 0 Å². The van der Waals surface area contributed by atoms with Crippen LogP contribution in [0.3, 0.4) is 0 Å². The molecule has 0 N–H and O–H groups in total. The van der Waals surface area contributed by atoms with Crippen LogP contribution in [-0.2, 0) is 28.5 Å². The summed E-state index contributed by atoms with van der Waals surface area (Å²) in [5.74, 6) is -0.279. The van der Waals surface area contributed by atoms with Gasteiger partial charge in [0.1, 0.15) is 13.2 Å². The van der Waals surface area contributed by atoms with Crippen molar-refractivity contribution >= 4 is 11.9 Å². The third-order valence-corrected chi connectivity index (χ3v) is 5.82. The van der Waals surface area contributed by atoms with E-state index in [4.69, 9.17) is 18.9 Å². The number of hydrogen-bond acceptors (Lipinski definition) is 6. The molecule has 0 aromatic carbocycles. The smallest absolute Gasteiger partial charge is 0.305 e. The number of rotatable bonds is 27. The second-order valence-electron chi connectivity index (χ2n) is 9.12. The van der Waals surface area contributed by atoms with E-state index in [0.29, 0.717) is 39.3 Å². The highest BCUT2D eigenvalue weighted by atomic mass is 16.6. The molecule has 0 atom stereocenters. The van der Waals surface area contributed by atoms with Crippen LogP contribution in [0.25, 0.3) is 0 Å². The zero-order valence-corrected chi connectivity index (χ0v) is 22.4. The van der Waals surface area contributed by atoms with E-state index in [1.165, 1.54) is 77.0 Å². The Bertz CT molecular complexity index is 441. The van der Waals surface area contributed by atoms with Crippen LogP contribution in [-0.4, -0.2) is 51.6 Å². The maximum absolute atomic E-state index is 11.7. The molecule has 34 heavy (non-hydrogen) atoms. The first-order valence-corrected chi connectivity index (χ1v) is 14.2. The molecule has 0 unspecified atom stereocenters. The molecule has 202 valence electrons. The van der Waals surface area contributed by atoms with Gasteiger partial charge in [0.25, 0.3) is 0 Å². The zero-order chi connectivity index (χ0) is 25.0. The Labute approximate surface area is 209 Å². The van der Waals surface area contributed by atoms with Gasteiger partial charge in [-0.25, -0.2) is 0 Å². The van der Waals surface area contributed by atoms with Gasteiger partial charge in [0.2, 0.25) is 0 Å². The van der Waals surface area contributed by atoms with Gasteiger partial charge in [-0.05, 0) is 12.8 Å². The minimum absolute atomic E-state index is 0.138. The van der Waals surface area contributed by atoms with Crippen molar-refractivity contribution in [2.45, 2.75) is 129 Å². The van der Waals surface area contributed by atoms with Crippen molar-refractivity contribution in [3.05, 3.63) is 0 Å². The SMILES string of the molecule is CCCCCCCCCCCC(=O)OCCOCCOCCOC(=O)CCCCCCCCC. The molecular formula is C28H54O6. The lowest BCUT2D eigenvalue weighted by molar-refractivity contribution is -0.147. The molecule has 0 fully saturated rings. The maximum Gasteiger partial charge on any atom is 0.305 e. The quantitative estimate of drug-likeness (QED) is 0.0905. The average Bonchev–Trinajstić information content (AvgIpc) is 2.83. The Kier molecular flexibility index (Phi) is 27.2.